The molecule has 0 radical (unpaired) electrons. The number of hydrogen-bond acceptors (Lipinski definition) is 2. The van der Waals surface area contributed by atoms with Gasteiger partial charge in [0, 0.05) is 7.11 Å². The second kappa shape index (κ2) is 6.59. The summed E-state index contributed by atoms with van der Waals surface area (Å²) >= 11 is 0. The molecular formula is C19H25NO. The Balaban J connectivity index is 1.92. The standard InChI is InChI=1S/C19H25NO/c1-21-19(15-9-3-2-4-10-15)18(20)17-13-7-11-14-8-5-6-12-16(14)17/h5-8,11-13,15,18-19H,2-4,9-10,20H2,1H3. The third-order valence-electron chi connectivity index (χ3n) is 4.92. The molecule has 2 atom stereocenters. The first-order chi connectivity index (χ1) is 10.3. The first kappa shape index (κ1) is 14.6. The van der Waals surface area contributed by atoms with E-state index >= 15 is 0 Å². The monoisotopic (exact) mass is 283 g/mol. The van der Waals surface area contributed by atoms with E-state index in [1.807, 2.05) is 7.11 Å². The summed E-state index contributed by atoms with van der Waals surface area (Å²) in [6.07, 6.45) is 6.60. The van der Waals surface area contributed by atoms with Gasteiger partial charge in [-0.1, -0.05) is 61.7 Å². The fourth-order valence-electron chi connectivity index (χ4n) is 3.81. The number of hydrogen-bond donors (Lipinski definition) is 1. The van der Waals surface area contributed by atoms with Crippen molar-refractivity contribution in [3.63, 3.8) is 0 Å². The van der Waals surface area contributed by atoms with Crippen molar-refractivity contribution >= 4 is 10.8 Å². The minimum absolute atomic E-state index is 0.0517. The lowest BCUT2D eigenvalue weighted by molar-refractivity contribution is 0.0176. The van der Waals surface area contributed by atoms with Crippen molar-refractivity contribution in [2.75, 3.05) is 7.11 Å². The Bertz CT molecular complexity index is 584. The zero-order chi connectivity index (χ0) is 14.7. The van der Waals surface area contributed by atoms with E-state index in [1.165, 1.54) is 48.4 Å². The van der Waals surface area contributed by atoms with Crippen LogP contribution in [-0.2, 0) is 4.74 Å². The minimum Gasteiger partial charge on any atom is -0.379 e. The summed E-state index contributed by atoms with van der Waals surface area (Å²) in [5.74, 6) is 0.595. The van der Waals surface area contributed by atoms with Crippen LogP contribution in [0.2, 0.25) is 0 Å². The lowest BCUT2D eigenvalue weighted by Crippen LogP contribution is -2.36. The van der Waals surface area contributed by atoms with Crippen LogP contribution in [0.25, 0.3) is 10.8 Å². The molecule has 112 valence electrons. The van der Waals surface area contributed by atoms with Crippen molar-refractivity contribution in [2.45, 2.75) is 44.2 Å². The van der Waals surface area contributed by atoms with Gasteiger partial charge in [0.15, 0.2) is 0 Å². The van der Waals surface area contributed by atoms with Gasteiger partial charge in [-0.25, -0.2) is 0 Å². The summed E-state index contributed by atoms with van der Waals surface area (Å²) < 4.78 is 5.83. The Kier molecular flexibility index (Phi) is 4.57. The maximum Gasteiger partial charge on any atom is 0.0792 e. The number of benzene rings is 2. The van der Waals surface area contributed by atoms with Crippen LogP contribution in [-0.4, -0.2) is 13.2 Å². The third-order valence-corrected chi connectivity index (χ3v) is 4.92. The lowest BCUT2D eigenvalue weighted by atomic mass is 9.80. The van der Waals surface area contributed by atoms with E-state index in [-0.39, 0.29) is 12.1 Å². The molecule has 0 spiro atoms. The third kappa shape index (κ3) is 2.97. The van der Waals surface area contributed by atoms with Gasteiger partial charge in [0.2, 0.25) is 0 Å². The molecule has 2 nitrogen and oxygen atoms in total. The minimum atomic E-state index is -0.0517. The highest BCUT2D eigenvalue weighted by atomic mass is 16.5. The second-order valence-electron chi connectivity index (χ2n) is 6.19. The van der Waals surface area contributed by atoms with Crippen molar-refractivity contribution in [1.29, 1.82) is 0 Å². The van der Waals surface area contributed by atoms with Gasteiger partial charge in [-0.05, 0) is 35.1 Å². The topological polar surface area (TPSA) is 35.2 Å². The van der Waals surface area contributed by atoms with E-state index in [2.05, 4.69) is 42.5 Å². The Morgan fingerprint density at radius 3 is 2.48 bits per heavy atom. The number of ether oxygens (including phenoxy) is 1. The molecule has 0 aromatic heterocycles. The van der Waals surface area contributed by atoms with Crippen LogP contribution in [0.3, 0.4) is 0 Å². The average molecular weight is 283 g/mol. The number of rotatable bonds is 4. The van der Waals surface area contributed by atoms with Crippen LogP contribution < -0.4 is 5.73 Å². The number of methoxy groups -OCH3 is 1. The summed E-state index contributed by atoms with van der Waals surface area (Å²) in [6.45, 7) is 0. The van der Waals surface area contributed by atoms with Crippen LogP contribution in [0, 0.1) is 5.92 Å². The summed E-state index contributed by atoms with van der Waals surface area (Å²) in [4.78, 5) is 0. The Morgan fingerprint density at radius 1 is 1.00 bits per heavy atom. The van der Waals surface area contributed by atoms with Crippen molar-refractivity contribution in [2.24, 2.45) is 11.7 Å². The van der Waals surface area contributed by atoms with Gasteiger partial charge in [0.25, 0.3) is 0 Å². The fourth-order valence-corrected chi connectivity index (χ4v) is 3.81. The van der Waals surface area contributed by atoms with Gasteiger partial charge < -0.3 is 10.5 Å². The van der Waals surface area contributed by atoms with Gasteiger partial charge in [-0.3, -0.25) is 0 Å². The fraction of sp³-hybridized carbons (Fsp3) is 0.474. The van der Waals surface area contributed by atoms with E-state index in [0.717, 1.165) is 0 Å². The van der Waals surface area contributed by atoms with Crippen LogP contribution in [0.15, 0.2) is 42.5 Å². The van der Waals surface area contributed by atoms with E-state index in [0.29, 0.717) is 5.92 Å². The van der Waals surface area contributed by atoms with Crippen molar-refractivity contribution < 1.29 is 4.74 Å². The summed E-state index contributed by atoms with van der Waals surface area (Å²) in [5.41, 5.74) is 7.84. The molecule has 0 amide bonds. The molecule has 0 heterocycles. The lowest BCUT2D eigenvalue weighted by Gasteiger charge is -2.33. The molecule has 1 aliphatic rings. The smallest absolute Gasteiger partial charge is 0.0792 e. The van der Waals surface area contributed by atoms with E-state index in [1.54, 1.807) is 0 Å². The average Bonchev–Trinajstić information content (AvgIpc) is 2.56. The number of nitrogens with two attached hydrogens (primary N) is 1. The molecule has 2 unspecified atom stereocenters. The SMILES string of the molecule is COC(C1CCCCC1)C(N)c1cccc2ccccc12. The molecule has 0 aliphatic heterocycles. The Morgan fingerprint density at radius 2 is 1.71 bits per heavy atom. The van der Waals surface area contributed by atoms with Crippen LogP contribution in [0.5, 0.6) is 0 Å². The number of fused-ring (bicyclic) bond motifs is 1. The summed E-state index contributed by atoms with van der Waals surface area (Å²) in [7, 11) is 1.81. The second-order valence-corrected chi connectivity index (χ2v) is 6.19. The van der Waals surface area contributed by atoms with Crippen molar-refractivity contribution in [3.05, 3.63) is 48.0 Å². The first-order valence-corrected chi connectivity index (χ1v) is 8.07. The molecule has 1 saturated carbocycles. The normalized spacial score (nSPS) is 19.5. The Hall–Kier alpha value is -1.38. The molecule has 3 rings (SSSR count). The van der Waals surface area contributed by atoms with Gasteiger partial charge in [0.1, 0.15) is 0 Å². The van der Waals surface area contributed by atoms with Gasteiger partial charge in [0.05, 0.1) is 12.1 Å². The zero-order valence-corrected chi connectivity index (χ0v) is 12.8. The highest BCUT2D eigenvalue weighted by molar-refractivity contribution is 5.86. The molecule has 1 aliphatic carbocycles. The molecule has 2 aromatic rings. The molecule has 1 fully saturated rings. The molecule has 2 N–H and O–H groups in total. The van der Waals surface area contributed by atoms with E-state index in [4.69, 9.17) is 10.5 Å². The van der Waals surface area contributed by atoms with E-state index in [9.17, 15) is 0 Å². The quantitative estimate of drug-likeness (QED) is 0.900. The molecule has 2 heteroatoms. The summed E-state index contributed by atoms with van der Waals surface area (Å²) in [5, 5.41) is 2.51. The molecular weight excluding hydrogens is 258 g/mol. The Labute approximate surface area is 127 Å². The van der Waals surface area contributed by atoms with Crippen molar-refractivity contribution in [1.82, 2.24) is 0 Å². The van der Waals surface area contributed by atoms with Gasteiger partial charge >= 0.3 is 0 Å². The largest absolute Gasteiger partial charge is 0.379 e. The molecule has 0 saturated heterocycles. The van der Waals surface area contributed by atoms with Gasteiger partial charge in [-0.15, -0.1) is 0 Å². The highest BCUT2D eigenvalue weighted by Gasteiger charge is 2.30. The predicted octanol–water partition coefficient (Wildman–Crippen LogP) is 4.43. The molecule has 0 bridgehead atoms. The highest BCUT2D eigenvalue weighted by Crippen LogP contribution is 2.35. The van der Waals surface area contributed by atoms with Crippen LogP contribution >= 0.6 is 0 Å². The summed E-state index contributed by atoms with van der Waals surface area (Å²) in [6, 6.07) is 14.8. The van der Waals surface area contributed by atoms with E-state index < -0.39 is 0 Å². The van der Waals surface area contributed by atoms with Crippen molar-refractivity contribution in [3.8, 4) is 0 Å². The zero-order valence-electron chi connectivity index (χ0n) is 12.8. The van der Waals surface area contributed by atoms with Crippen LogP contribution in [0.1, 0.15) is 43.7 Å². The van der Waals surface area contributed by atoms with Crippen LogP contribution in [0.4, 0.5) is 0 Å². The first-order valence-electron chi connectivity index (χ1n) is 8.07. The predicted molar refractivity (Wildman–Crippen MR) is 88.2 cm³/mol. The molecule has 2 aromatic carbocycles. The molecule has 21 heavy (non-hydrogen) atoms. The maximum atomic E-state index is 6.62. The van der Waals surface area contributed by atoms with Gasteiger partial charge in [-0.2, -0.15) is 0 Å². The maximum absolute atomic E-state index is 6.62.